The molecule has 0 unspecified atom stereocenters. The van der Waals surface area contributed by atoms with E-state index in [-0.39, 0.29) is 29.9 Å². The molecule has 3 amide bonds. The molecule has 28 heavy (non-hydrogen) atoms. The highest BCUT2D eigenvalue weighted by Gasteiger charge is 2.30. The van der Waals surface area contributed by atoms with Gasteiger partial charge in [-0.1, -0.05) is 25.0 Å². The molecule has 0 spiro atoms. The van der Waals surface area contributed by atoms with E-state index >= 15 is 0 Å². The normalized spacial score (nSPS) is 19.9. The number of amides is 3. The van der Waals surface area contributed by atoms with Crippen molar-refractivity contribution in [3.8, 4) is 0 Å². The molecule has 152 valence electrons. The minimum absolute atomic E-state index is 0.153. The number of anilines is 1. The number of rotatable bonds is 5. The van der Waals surface area contributed by atoms with Gasteiger partial charge < -0.3 is 20.3 Å². The van der Waals surface area contributed by atoms with Crippen LogP contribution in [0.1, 0.15) is 55.8 Å². The first-order valence-corrected chi connectivity index (χ1v) is 10.2. The number of hydrogen-bond acceptors (Lipinski definition) is 4. The highest BCUT2D eigenvalue weighted by molar-refractivity contribution is 6.04. The molecule has 1 saturated heterocycles. The maximum absolute atomic E-state index is 12.8. The van der Waals surface area contributed by atoms with Gasteiger partial charge in [-0.15, -0.1) is 0 Å². The summed E-state index contributed by atoms with van der Waals surface area (Å²) in [6.45, 7) is 3.01. The standard InChI is InChI=1S/C21H29N3O4/c1-2-28-21(27)24-13-7-8-15(14-24)19(25)23-18-12-6-5-11-17(18)20(26)22-16-9-3-4-10-16/h5-6,11-12,15-16H,2-4,7-10,13-14H2,1H3,(H,22,26)(H,23,25)/t15-/m1/s1. The number of nitrogens with zero attached hydrogens (tertiary/aromatic N) is 1. The van der Waals surface area contributed by atoms with Crippen molar-refractivity contribution in [1.29, 1.82) is 0 Å². The Balaban J connectivity index is 1.63. The van der Waals surface area contributed by atoms with Crippen molar-refractivity contribution in [3.05, 3.63) is 29.8 Å². The number of carbonyl (C=O) groups excluding carboxylic acids is 3. The molecule has 1 aliphatic carbocycles. The summed E-state index contributed by atoms with van der Waals surface area (Å²) in [6, 6.07) is 7.28. The van der Waals surface area contributed by atoms with Gasteiger partial charge in [0.05, 0.1) is 23.8 Å². The lowest BCUT2D eigenvalue weighted by atomic mass is 9.97. The molecular formula is C21H29N3O4. The summed E-state index contributed by atoms with van der Waals surface area (Å²) in [4.78, 5) is 39.0. The molecule has 1 aromatic carbocycles. The Morgan fingerprint density at radius 3 is 2.61 bits per heavy atom. The Labute approximate surface area is 165 Å². The second-order valence-electron chi connectivity index (χ2n) is 7.47. The summed E-state index contributed by atoms with van der Waals surface area (Å²) in [7, 11) is 0. The van der Waals surface area contributed by atoms with Gasteiger partial charge in [0.15, 0.2) is 0 Å². The first-order chi connectivity index (χ1) is 13.6. The minimum Gasteiger partial charge on any atom is -0.450 e. The van der Waals surface area contributed by atoms with Crippen LogP contribution in [-0.2, 0) is 9.53 Å². The van der Waals surface area contributed by atoms with Crippen LogP contribution in [0.5, 0.6) is 0 Å². The van der Waals surface area contributed by atoms with Gasteiger partial charge in [0.25, 0.3) is 5.91 Å². The molecular weight excluding hydrogens is 358 g/mol. The van der Waals surface area contributed by atoms with Gasteiger partial charge in [-0.3, -0.25) is 9.59 Å². The fourth-order valence-corrected chi connectivity index (χ4v) is 3.93. The number of carbonyl (C=O) groups is 3. The van der Waals surface area contributed by atoms with E-state index in [1.165, 1.54) is 0 Å². The Bertz CT molecular complexity index is 715. The Hall–Kier alpha value is -2.57. The molecule has 1 atom stereocenters. The lowest BCUT2D eigenvalue weighted by molar-refractivity contribution is -0.121. The molecule has 2 fully saturated rings. The maximum Gasteiger partial charge on any atom is 0.409 e. The third-order valence-corrected chi connectivity index (χ3v) is 5.44. The van der Waals surface area contributed by atoms with Crippen LogP contribution in [0.2, 0.25) is 0 Å². The van der Waals surface area contributed by atoms with Crippen LogP contribution >= 0.6 is 0 Å². The van der Waals surface area contributed by atoms with Gasteiger partial charge >= 0.3 is 6.09 Å². The van der Waals surface area contributed by atoms with Crippen molar-refractivity contribution in [3.63, 3.8) is 0 Å². The van der Waals surface area contributed by atoms with Crippen molar-refractivity contribution in [2.24, 2.45) is 5.92 Å². The van der Waals surface area contributed by atoms with Gasteiger partial charge in [-0.05, 0) is 44.7 Å². The summed E-state index contributed by atoms with van der Waals surface area (Å²) >= 11 is 0. The van der Waals surface area contributed by atoms with Gasteiger partial charge in [0, 0.05) is 19.1 Å². The fourth-order valence-electron chi connectivity index (χ4n) is 3.93. The molecule has 3 rings (SSSR count). The number of piperidine rings is 1. The predicted octanol–water partition coefficient (Wildman–Crippen LogP) is 3.17. The number of nitrogens with one attached hydrogen (secondary N) is 2. The first-order valence-electron chi connectivity index (χ1n) is 10.2. The molecule has 0 aromatic heterocycles. The van der Waals surface area contributed by atoms with Crippen molar-refractivity contribution in [1.82, 2.24) is 10.2 Å². The molecule has 0 bridgehead atoms. The van der Waals surface area contributed by atoms with Crippen LogP contribution in [0.15, 0.2) is 24.3 Å². The van der Waals surface area contributed by atoms with Crippen LogP contribution in [0.4, 0.5) is 10.5 Å². The second kappa shape index (κ2) is 9.57. The highest BCUT2D eigenvalue weighted by atomic mass is 16.6. The molecule has 1 aromatic rings. The third kappa shape index (κ3) is 5.03. The topological polar surface area (TPSA) is 87.7 Å². The smallest absolute Gasteiger partial charge is 0.409 e. The molecule has 1 saturated carbocycles. The van der Waals surface area contributed by atoms with Crippen molar-refractivity contribution >= 4 is 23.6 Å². The Morgan fingerprint density at radius 2 is 1.86 bits per heavy atom. The quantitative estimate of drug-likeness (QED) is 0.812. The van der Waals surface area contributed by atoms with Gasteiger partial charge in [0.1, 0.15) is 0 Å². The van der Waals surface area contributed by atoms with Crippen molar-refractivity contribution in [2.75, 3.05) is 25.0 Å². The zero-order valence-electron chi connectivity index (χ0n) is 16.4. The van der Waals surface area contributed by atoms with Gasteiger partial charge in [-0.25, -0.2) is 4.79 Å². The summed E-state index contributed by atoms with van der Waals surface area (Å²) in [6.07, 6.45) is 5.37. The van der Waals surface area contributed by atoms with Gasteiger partial charge in [0.2, 0.25) is 5.91 Å². The lowest BCUT2D eigenvalue weighted by Gasteiger charge is -2.31. The van der Waals surface area contributed by atoms with Crippen LogP contribution in [-0.4, -0.2) is 48.5 Å². The Kier molecular flexibility index (Phi) is 6.90. The van der Waals surface area contributed by atoms with E-state index in [0.29, 0.717) is 37.4 Å². The maximum atomic E-state index is 12.8. The number of hydrogen-bond donors (Lipinski definition) is 2. The number of ether oxygens (including phenoxy) is 1. The molecule has 1 aliphatic heterocycles. The molecule has 0 radical (unpaired) electrons. The minimum atomic E-state index is -0.378. The van der Waals surface area contributed by atoms with E-state index in [2.05, 4.69) is 10.6 Å². The van der Waals surface area contributed by atoms with Crippen molar-refractivity contribution < 1.29 is 19.1 Å². The molecule has 2 aliphatic rings. The monoisotopic (exact) mass is 387 g/mol. The number of likely N-dealkylation sites (tertiary alicyclic amines) is 1. The van der Waals surface area contributed by atoms with Gasteiger partial charge in [-0.2, -0.15) is 0 Å². The second-order valence-corrected chi connectivity index (χ2v) is 7.47. The summed E-state index contributed by atoms with van der Waals surface area (Å²) in [5, 5.41) is 5.96. The van der Waals surface area contributed by atoms with Crippen LogP contribution in [0, 0.1) is 5.92 Å². The lowest BCUT2D eigenvalue weighted by Crippen LogP contribution is -2.44. The van der Waals surface area contributed by atoms with E-state index in [1.54, 1.807) is 36.1 Å². The van der Waals surface area contributed by atoms with E-state index in [9.17, 15) is 14.4 Å². The molecule has 1 heterocycles. The average Bonchev–Trinajstić information content (AvgIpc) is 3.21. The zero-order chi connectivity index (χ0) is 19.9. The van der Waals surface area contributed by atoms with Crippen LogP contribution in [0.25, 0.3) is 0 Å². The third-order valence-electron chi connectivity index (χ3n) is 5.44. The highest BCUT2D eigenvalue weighted by Crippen LogP contribution is 2.23. The average molecular weight is 387 g/mol. The fraction of sp³-hybridized carbons (Fsp3) is 0.571. The largest absolute Gasteiger partial charge is 0.450 e. The van der Waals surface area contributed by atoms with E-state index in [4.69, 9.17) is 4.74 Å². The van der Waals surface area contributed by atoms with E-state index < -0.39 is 0 Å². The number of benzene rings is 1. The summed E-state index contributed by atoms with van der Waals surface area (Å²) in [5.74, 6) is -0.640. The van der Waals surface area contributed by atoms with Crippen molar-refractivity contribution in [2.45, 2.75) is 51.5 Å². The van der Waals surface area contributed by atoms with E-state index in [0.717, 1.165) is 32.1 Å². The molecule has 2 N–H and O–H groups in total. The molecule has 7 nitrogen and oxygen atoms in total. The predicted molar refractivity (Wildman–Crippen MR) is 106 cm³/mol. The summed E-state index contributed by atoms with van der Waals surface area (Å²) < 4.78 is 5.04. The van der Waals surface area contributed by atoms with Crippen LogP contribution < -0.4 is 10.6 Å². The van der Waals surface area contributed by atoms with E-state index in [1.807, 2.05) is 0 Å². The molecule has 7 heteroatoms. The SMILES string of the molecule is CCOC(=O)N1CCC[C@@H](C(=O)Nc2ccccc2C(=O)NC2CCCC2)C1. The summed E-state index contributed by atoms with van der Waals surface area (Å²) in [5.41, 5.74) is 0.983. The number of para-hydroxylation sites is 1. The zero-order valence-corrected chi connectivity index (χ0v) is 16.4. The Morgan fingerprint density at radius 1 is 1.11 bits per heavy atom. The van der Waals surface area contributed by atoms with Crippen LogP contribution in [0.3, 0.4) is 0 Å². The first kappa shape index (κ1) is 20.2.